The van der Waals surface area contributed by atoms with E-state index in [1.165, 1.54) is 31.2 Å². The smallest absolute Gasteiger partial charge is 0.264 e. The number of halogens is 2. The average Bonchev–Trinajstić information content (AvgIpc) is 2.83. The quantitative estimate of drug-likeness (QED) is 0.324. The number of hydrazone groups is 1. The molecule has 2 amide bonds. The van der Waals surface area contributed by atoms with Crippen LogP contribution in [0.1, 0.15) is 19.4 Å². The van der Waals surface area contributed by atoms with Crippen LogP contribution in [0, 0.1) is 0 Å². The molecule has 35 heavy (non-hydrogen) atoms. The van der Waals surface area contributed by atoms with E-state index in [1.807, 2.05) is 0 Å². The van der Waals surface area contributed by atoms with Crippen molar-refractivity contribution < 1.29 is 18.0 Å². The molecule has 8 nitrogen and oxygen atoms in total. The van der Waals surface area contributed by atoms with Crippen molar-refractivity contribution in [1.82, 2.24) is 5.43 Å². The van der Waals surface area contributed by atoms with Crippen LogP contribution in [-0.4, -0.2) is 32.5 Å². The molecule has 0 aromatic heterocycles. The first-order valence-electron chi connectivity index (χ1n) is 10.3. The van der Waals surface area contributed by atoms with Crippen LogP contribution in [0.5, 0.6) is 0 Å². The number of carbonyl (C=O) groups excluding carboxylic acids is 2. The summed E-state index contributed by atoms with van der Waals surface area (Å²) in [6.45, 7) is 2.47. The van der Waals surface area contributed by atoms with Gasteiger partial charge in [0.2, 0.25) is 5.91 Å². The van der Waals surface area contributed by atoms with Gasteiger partial charge >= 0.3 is 0 Å². The van der Waals surface area contributed by atoms with Gasteiger partial charge in [0.05, 0.1) is 26.3 Å². The Morgan fingerprint density at radius 1 is 0.943 bits per heavy atom. The van der Waals surface area contributed by atoms with Crippen LogP contribution >= 0.6 is 23.2 Å². The van der Waals surface area contributed by atoms with Gasteiger partial charge in [-0.3, -0.25) is 13.9 Å². The maximum Gasteiger partial charge on any atom is 0.264 e. The minimum atomic E-state index is -4.16. The van der Waals surface area contributed by atoms with Gasteiger partial charge in [0, 0.05) is 12.6 Å². The van der Waals surface area contributed by atoms with Crippen LogP contribution in [0.4, 0.5) is 11.4 Å². The maximum atomic E-state index is 13.4. The largest absolute Gasteiger partial charge is 0.326 e. The summed E-state index contributed by atoms with van der Waals surface area (Å²) in [5, 5.41) is 6.89. The zero-order valence-corrected chi connectivity index (χ0v) is 21.2. The van der Waals surface area contributed by atoms with Gasteiger partial charge in [0.25, 0.3) is 15.9 Å². The van der Waals surface area contributed by atoms with Gasteiger partial charge in [-0.2, -0.15) is 5.10 Å². The van der Waals surface area contributed by atoms with E-state index in [1.54, 1.807) is 55.5 Å². The first kappa shape index (κ1) is 26.2. The third-order valence-electron chi connectivity index (χ3n) is 4.77. The Hall–Kier alpha value is -3.40. The van der Waals surface area contributed by atoms with Crippen LogP contribution in [0.25, 0.3) is 0 Å². The fraction of sp³-hybridized carbons (Fsp3) is 0.125. The molecule has 2 N–H and O–H groups in total. The van der Waals surface area contributed by atoms with Gasteiger partial charge in [0.1, 0.15) is 6.54 Å². The molecule has 11 heteroatoms. The van der Waals surface area contributed by atoms with E-state index in [0.717, 1.165) is 4.31 Å². The number of rotatable bonds is 8. The van der Waals surface area contributed by atoms with Crippen molar-refractivity contribution in [2.24, 2.45) is 5.10 Å². The maximum absolute atomic E-state index is 13.4. The Bertz CT molecular complexity index is 1380. The Kier molecular flexibility index (Phi) is 8.50. The van der Waals surface area contributed by atoms with Crippen LogP contribution in [0.15, 0.2) is 82.8 Å². The highest BCUT2D eigenvalue weighted by atomic mass is 35.5. The lowest BCUT2D eigenvalue weighted by atomic mass is 10.1. The van der Waals surface area contributed by atoms with Crippen molar-refractivity contribution in [2.45, 2.75) is 18.7 Å². The van der Waals surface area contributed by atoms with Gasteiger partial charge in [-0.15, -0.1) is 0 Å². The highest BCUT2D eigenvalue weighted by Gasteiger charge is 2.29. The number of hydrogen-bond donors (Lipinski definition) is 2. The first-order valence-corrected chi connectivity index (χ1v) is 12.5. The first-order chi connectivity index (χ1) is 16.6. The molecular formula is C24H22Cl2N4O4S. The number of carbonyl (C=O) groups is 2. The van der Waals surface area contributed by atoms with Crippen LogP contribution in [-0.2, 0) is 19.6 Å². The number of sulfonamides is 1. The van der Waals surface area contributed by atoms with Crippen molar-refractivity contribution in [3.05, 3.63) is 88.4 Å². The summed E-state index contributed by atoms with van der Waals surface area (Å²) in [7, 11) is -4.16. The van der Waals surface area contributed by atoms with Crippen molar-refractivity contribution >= 4 is 62.1 Å². The number of anilines is 2. The number of nitrogens with one attached hydrogen (secondary N) is 2. The molecule has 0 fully saturated rings. The van der Waals surface area contributed by atoms with Gasteiger partial charge in [-0.05, 0) is 48.9 Å². The Morgan fingerprint density at radius 3 is 2.31 bits per heavy atom. The summed E-state index contributed by atoms with van der Waals surface area (Å²) in [4.78, 5) is 24.1. The van der Waals surface area contributed by atoms with E-state index in [4.69, 9.17) is 23.2 Å². The number of nitrogens with zero attached hydrogens (tertiary/aromatic N) is 2. The second-order valence-electron chi connectivity index (χ2n) is 7.39. The minimum Gasteiger partial charge on any atom is -0.326 e. The van der Waals surface area contributed by atoms with Gasteiger partial charge in [0.15, 0.2) is 0 Å². The molecule has 0 bridgehead atoms. The summed E-state index contributed by atoms with van der Waals surface area (Å²) < 4.78 is 27.7. The van der Waals surface area contributed by atoms with E-state index in [9.17, 15) is 18.0 Å². The molecular weight excluding hydrogens is 511 g/mol. The number of hydrogen-bond acceptors (Lipinski definition) is 5. The zero-order valence-electron chi connectivity index (χ0n) is 18.8. The van der Waals surface area contributed by atoms with Gasteiger partial charge < -0.3 is 5.32 Å². The SMILES string of the molecule is CC(=O)Nc1cccc(/C(C)=N/NC(=O)CN(c2cccc(Cl)c2Cl)S(=O)(=O)c2ccccc2)c1. The summed E-state index contributed by atoms with van der Waals surface area (Å²) in [6, 6.07) is 19.1. The number of amides is 2. The van der Waals surface area contributed by atoms with Crippen molar-refractivity contribution in [1.29, 1.82) is 0 Å². The Labute approximate surface area is 213 Å². The molecule has 3 aromatic carbocycles. The fourth-order valence-corrected chi connectivity index (χ4v) is 5.01. The Balaban J connectivity index is 1.87. The van der Waals surface area contributed by atoms with Crippen LogP contribution < -0.4 is 15.0 Å². The Morgan fingerprint density at radius 2 is 1.63 bits per heavy atom. The molecule has 0 saturated heterocycles. The molecule has 0 radical (unpaired) electrons. The van der Waals surface area contributed by atoms with Crippen LogP contribution in [0.3, 0.4) is 0 Å². The highest BCUT2D eigenvalue weighted by molar-refractivity contribution is 7.92. The van der Waals surface area contributed by atoms with E-state index >= 15 is 0 Å². The predicted molar refractivity (Wildman–Crippen MR) is 139 cm³/mol. The number of benzene rings is 3. The van der Waals surface area contributed by atoms with Crippen molar-refractivity contribution in [3.8, 4) is 0 Å². The fourth-order valence-electron chi connectivity index (χ4n) is 3.11. The molecule has 0 aliphatic heterocycles. The molecule has 182 valence electrons. The molecule has 0 aliphatic rings. The van der Waals surface area contributed by atoms with E-state index < -0.39 is 22.5 Å². The average molecular weight is 533 g/mol. The van der Waals surface area contributed by atoms with Crippen molar-refractivity contribution in [2.75, 3.05) is 16.2 Å². The van der Waals surface area contributed by atoms with Gasteiger partial charge in [-0.1, -0.05) is 59.6 Å². The third-order valence-corrected chi connectivity index (χ3v) is 7.35. The second kappa shape index (κ2) is 11.4. The third kappa shape index (κ3) is 6.60. The molecule has 0 heterocycles. The van der Waals surface area contributed by atoms with E-state index in [2.05, 4.69) is 15.8 Å². The van der Waals surface area contributed by atoms with Crippen LogP contribution in [0.2, 0.25) is 10.0 Å². The summed E-state index contributed by atoms with van der Waals surface area (Å²) in [5.41, 5.74) is 4.12. The predicted octanol–water partition coefficient (Wildman–Crippen LogP) is 4.69. The molecule has 0 aliphatic carbocycles. The standard InChI is InChI=1S/C24H22Cl2N4O4S/c1-16(18-8-6-9-19(14-18)27-17(2)31)28-29-23(32)15-30(22-13-7-12-21(25)24(22)26)35(33,34)20-10-4-3-5-11-20/h3-14H,15H2,1-2H3,(H,27,31)(H,29,32)/b28-16+. The highest BCUT2D eigenvalue weighted by Crippen LogP contribution is 2.35. The minimum absolute atomic E-state index is 0.00376. The monoisotopic (exact) mass is 532 g/mol. The zero-order chi connectivity index (χ0) is 25.6. The van der Waals surface area contributed by atoms with E-state index in [-0.39, 0.29) is 26.5 Å². The topological polar surface area (TPSA) is 108 Å². The van der Waals surface area contributed by atoms with Crippen molar-refractivity contribution in [3.63, 3.8) is 0 Å². The summed E-state index contributed by atoms with van der Waals surface area (Å²) in [5.74, 6) is -0.914. The van der Waals surface area contributed by atoms with E-state index in [0.29, 0.717) is 17.0 Å². The lowest BCUT2D eigenvalue weighted by molar-refractivity contribution is -0.119. The molecule has 3 rings (SSSR count). The molecule has 0 atom stereocenters. The molecule has 0 saturated carbocycles. The lowest BCUT2D eigenvalue weighted by Crippen LogP contribution is -2.40. The molecule has 3 aromatic rings. The second-order valence-corrected chi connectivity index (χ2v) is 10.0. The normalized spacial score (nSPS) is 11.6. The summed E-state index contributed by atoms with van der Waals surface area (Å²) in [6.07, 6.45) is 0. The van der Waals surface area contributed by atoms with Gasteiger partial charge in [-0.25, -0.2) is 13.8 Å². The summed E-state index contributed by atoms with van der Waals surface area (Å²) >= 11 is 12.4. The molecule has 0 unspecified atom stereocenters. The molecule has 0 spiro atoms. The lowest BCUT2D eigenvalue weighted by Gasteiger charge is -2.25.